The zero-order chi connectivity index (χ0) is 13.9. The number of alkyl halides is 3. The predicted octanol–water partition coefficient (Wildman–Crippen LogP) is 5.22. The molecule has 0 fully saturated rings. The summed E-state index contributed by atoms with van der Waals surface area (Å²) in [6, 6.07) is 3.48. The summed E-state index contributed by atoms with van der Waals surface area (Å²) >= 11 is 5.55. The Bertz CT molecular complexity index is 405. The summed E-state index contributed by atoms with van der Waals surface area (Å²) in [6.45, 7) is 4.10. The summed E-state index contributed by atoms with van der Waals surface area (Å²) in [4.78, 5) is 0. The Morgan fingerprint density at radius 3 is 2.26 bits per heavy atom. The first-order chi connectivity index (χ1) is 8.21. The Balaban J connectivity index is 0.00000324. The Kier molecular flexibility index (Phi) is 7.19. The van der Waals surface area contributed by atoms with Gasteiger partial charge in [-0.1, -0.05) is 31.5 Å². The average molecular weight is 316 g/mol. The van der Waals surface area contributed by atoms with E-state index in [1.165, 1.54) is 6.07 Å². The minimum Gasteiger partial charge on any atom is -0.324 e. The van der Waals surface area contributed by atoms with Gasteiger partial charge in [-0.2, -0.15) is 13.2 Å². The molecule has 0 saturated heterocycles. The summed E-state index contributed by atoms with van der Waals surface area (Å²) in [6.07, 6.45) is -2.90. The van der Waals surface area contributed by atoms with E-state index in [0.717, 1.165) is 12.5 Å². The van der Waals surface area contributed by atoms with Crippen LogP contribution in [0.2, 0.25) is 5.02 Å². The highest BCUT2D eigenvalue weighted by atomic mass is 35.5. The van der Waals surface area contributed by atoms with E-state index in [1.807, 2.05) is 0 Å². The summed E-state index contributed by atoms with van der Waals surface area (Å²) in [5.74, 6) is 0.477. The van der Waals surface area contributed by atoms with E-state index in [-0.39, 0.29) is 23.5 Å². The molecular formula is C13H18Cl2F3N. The van der Waals surface area contributed by atoms with E-state index >= 15 is 0 Å². The highest BCUT2D eigenvalue weighted by Crippen LogP contribution is 2.36. The quantitative estimate of drug-likeness (QED) is 0.810. The number of nitrogens with two attached hydrogens (primary N) is 1. The molecule has 0 heterocycles. The van der Waals surface area contributed by atoms with Gasteiger partial charge in [-0.05, 0) is 36.5 Å². The Labute approximate surface area is 122 Å². The molecule has 6 heteroatoms. The maximum absolute atomic E-state index is 12.7. The summed E-state index contributed by atoms with van der Waals surface area (Å²) in [5, 5.41) is -0.290. The topological polar surface area (TPSA) is 26.0 Å². The summed E-state index contributed by atoms with van der Waals surface area (Å²) in [5.41, 5.74) is 5.56. The molecular weight excluding hydrogens is 298 g/mol. The van der Waals surface area contributed by atoms with E-state index in [2.05, 4.69) is 13.8 Å². The van der Waals surface area contributed by atoms with Crippen molar-refractivity contribution in [3.05, 3.63) is 34.3 Å². The third-order valence-corrected chi connectivity index (χ3v) is 3.11. The lowest BCUT2D eigenvalue weighted by molar-refractivity contribution is -0.137. The van der Waals surface area contributed by atoms with Crippen molar-refractivity contribution in [3.63, 3.8) is 0 Å². The standard InChI is InChI=1S/C13H17ClF3N.ClH/c1-8(2)3-6-12(18)9-4-5-11(14)10(7-9)13(15,16)17;/h4-5,7-8,12H,3,6,18H2,1-2H3;1H/t12-;/m1./s1. The number of halogens is 5. The van der Waals surface area contributed by atoms with Crippen molar-refractivity contribution in [3.8, 4) is 0 Å². The molecule has 0 amide bonds. The molecule has 0 radical (unpaired) electrons. The minimum absolute atomic E-state index is 0. The van der Waals surface area contributed by atoms with E-state index in [9.17, 15) is 13.2 Å². The van der Waals surface area contributed by atoms with Crippen molar-refractivity contribution in [1.29, 1.82) is 0 Å². The molecule has 1 nitrogen and oxygen atoms in total. The van der Waals surface area contributed by atoms with Crippen LogP contribution in [-0.2, 0) is 6.18 Å². The smallest absolute Gasteiger partial charge is 0.324 e. The Hall–Kier alpha value is -0.450. The van der Waals surface area contributed by atoms with Crippen LogP contribution in [0.25, 0.3) is 0 Å². The van der Waals surface area contributed by atoms with Gasteiger partial charge in [0.25, 0.3) is 0 Å². The predicted molar refractivity (Wildman–Crippen MR) is 74.7 cm³/mol. The zero-order valence-corrected chi connectivity index (χ0v) is 12.4. The van der Waals surface area contributed by atoms with Crippen LogP contribution in [0.1, 0.15) is 43.9 Å². The molecule has 19 heavy (non-hydrogen) atoms. The minimum atomic E-state index is -4.44. The molecule has 0 aromatic heterocycles. The lowest BCUT2D eigenvalue weighted by Crippen LogP contribution is -2.13. The number of hydrogen-bond acceptors (Lipinski definition) is 1. The third kappa shape index (κ3) is 5.59. The lowest BCUT2D eigenvalue weighted by Gasteiger charge is -2.16. The van der Waals surface area contributed by atoms with Gasteiger partial charge < -0.3 is 5.73 Å². The van der Waals surface area contributed by atoms with Crippen LogP contribution in [0, 0.1) is 5.92 Å². The fourth-order valence-electron chi connectivity index (χ4n) is 1.67. The molecule has 1 aromatic rings. The van der Waals surface area contributed by atoms with Crippen LogP contribution in [0.3, 0.4) is 0 Å². The maximum atomic E-state index is 12.7. The Morgan fingerprint density at radius 1 is 1.21 bits per heavy atom. The van der Waals surface area contributed by atoms with Gasteiger partial charge in [0, 0.05) is 6.04 Å². The van der Waals surface area contributed by atoms with Crippen molar-refractivity contribution in [1.82, 2.24) is 0 Å². The third-order valence-electron chi connectivity index (χ3n) is 2.78. The van der Waals surface area contributed by atoms with Gasteiger partial charge in [-0.3, -0.25) is 0 Å². The van der Waals surface area contributed by atoms with Crippen molar-refractivity contribution in [2.75, 3.05) is 0 Å². The molecule has 0 unspecified atom stereocenters. The van der Waals surface area contributed by atoms with Crippen LogP contribution in [-0.4, -0.2) is 0 Å². The van der Waals surface area contributed by atoms with E-state index in [1.54, 1.807) is 6.07 Å². The van der Waals surface area contributed by atoms with Crippen molar-refractivity contribution < 1.29 is 13.2 Å². The normalized spacial score (nSPS) is 13.3. The molecule has 2 N–H and O–H groups in total. The molecule has 0 aliphatic heterocycles. The van der Waals surface area contributed by atoms with E-state index < -0.39 is 11.7 Å². The monoisotopic (exact) mass is 315 g/mol. The molecule has 0 aliphatic carbocycles. The van der Waals surface area contributed by atoms with Gasteiger partial charge in [0.15, 0.2) is 0 Å². The van der Waals surface area contributed by atoms with Gasteiger partial charge in [0.1, 0.15) is 0 Å². The summed E-state index contributed by atoms with van der Waals surface area (Å²) < 4.78 is 38.0. The molecule has 0 saturated carbocycles. The molecule has 1 aromatic carbocycles. The number of rotatable bonds is 4. The van der Waals surface area contributed by atoms with Crippen molar-refractivity contribution >= 4 is 24.0 Å². The largest absolute Gasteiger partial charge is 0.417 e. The van der Waals surface area contributed by atoms with Crippen LogP contribution >= 0.6 is 24.0 Å². The zero-order valence-electron chi connectivity index (χ0n) is 10.8. The van der Waals surface area contributed by atoms with Gasteiger partial charge in [-0.15, -0.1) is 12.4 Å². The second-order valence-electron chi connectivity index (χ2n) is 4.81. The molecule has 110 valence electrons. The first-order valence-corrected chi connectivity index (χ1v) is 6.22. The second kappa shape index (κ2) is 7.36. The average Bonchev–Trinajstić information content (AvgIpc) is 2.24. The maximum Gasteiger partial charge on any atom is 0.417 e. The first kappa shape index (κ1) is 18.6. The lowest BCUT2D eigenvalue weighted by atomic mass is 9.97. The first-order valence-electron chi connectivity index (χ1n) is 5.84. The fourth-order valence-corrected chi connectivity index (χ4v) is 1.90. The van der Waals surface area contributed by atoms with Crippen LogP contribution in [0.5, 0.6) is 0 Å². The van der Waals surface area contributed by atoms with Crippen LogP contribution < -0.4 is 5.73 Å². The van der Waals surface area contributed by atoms with E-state index in [4.69, 9.17) is 17.3 Å². The molecule has 0 bridgehead atoms. The number of hydrogen-bond donors (Lipinski definition) is 1. The molecule has 1 rings (SSSR count). The second-order valence-corrected chi connectivity index (χ2v) is 5.22. The highest BCUT2D eigenvalue weighted by Gasteiger charge is 2.33. The van der Waals surface area contributed by atoms with Gasteiger partial charge in [0.05, 0.1) is 10.6 Å². The Morgan fingerprint density at radius 2 is 1.79 bits per heavy atom. The summed E-state index contributed by atoms with van der Waals surface area (Å²) in [7, 11) is 0. The number of benzene rings is 1. The SMILES string of the molecule is CC(C)CC[C@@H](N)c1ccc(Cl)c(C(F)(F)F)c1.Cl. The fraction of sp³-hybridized carbons (Fsp3) is 0.538. The van der Waals surface area contributed by atoms with Gasteiger partial charge in [-0.25, -0.2) is 0 Å². The van der Waals surface area contributed by atoms with Crippen molar-refractivity contribution in [2.24, 2.45) is 11.7 Å². The highest BCUT2D eigenvalue weighted by molar-refractivity contribution is 6.31. The van der Waals surface area contributed by atoms with Gasteiger partial charge in [0.2, 0.25) is 0 Å². The van der Waals surface area contributed by atoms with Crippen LogP contribution in [0.4, 0.5) is 13.2 Å². The van der Waals surface area contributed by atoms with Crippen molar-refractivity contribution in [2.45, 2.75) is 38.9 Å². The van der Waals surface area contributed by atoms with E-state index in [0.29, 0.717) is 17.9 Å². The van der Waals surface area contributed by atoms with Crippen LogP contribution in [0.15, 0.2) is 18.2 Å². The van der Waals surface area contributed by atoms with Gasteiger partial charge >= 0.3 is 6.18 Å². The molecule has 0 spiro atoms. The molecule has 0 aliphatic rings. The molecule has 1 atom stereocenters.